The standard InChI is InChI=1S/C10H19N5O2/c1-3-4-8-13-9(11)15-10(14-8)12-7(5-16)6-17-2/h7,16H,3-6H2,1-2H3,(H3,11,12,13,14,15). The number of anilines is 2. The molecule has 1 aromatic heterocycles. The SMILES string of the molecule is CCCc1nc(N)nc(NC(CO)COC)n1. The van der Waals surface area contributed by atoms with Crippen molar-refractivity contribution in [2.75, 3.05) is 31.4 Å². The Kier molecular flexibility index (Phi) is 5.58. The Labute approximate surface area is 100 Å². The van der Waals surface area contributed by atoms with Gasteiger partial charge < -0.3 is 20.9 Å². The van der Waals surface area contributed by atoms with Crippen molar-refractivity contribution in [2.24, 2.45) is 0 Å². The second-order valence-corrected chi connectivity index (χ2v) is 3.66. The summed E-state index contributed by atoms with van der Waals surface area (Å²) in [5.41, 5.74) is 5.58. The molecule has 1 rings (SSSR count). The molecule has 1 atom stereocenters. The third kappa shape index (κ3) is 4.49. The van der Waals surface area contributed by atoms with E-state index < -0.39 is 0 Å². The van der Waals surface area contributed by atoms with Crippen LogP contribution < -0.4 is 11.1 Å². The fourth-order valence-corrected chi connectivity index (χ4v) is 1.36. The number of nitrogen functional groups attached to an aromatic ring is 1. The second-order valence-electron chi connectivity index (χ2n) is 3.66. The zero-order valence-electron chi connectivity index (χ0n) is 10.2. The van der Waals surface area contributed by atoms with E-state index in [0.29, 0.717) is 18.4 Å². The van der Waals surface area contributed by atoms with Gasteiger partial charge in [-0.3, -0.25) is 0 Å². The van der Waals surface area contributed by atoms with E-state index in [1.165, 1.54) is 0 Å². The molecular formula is C10H19N5O2. The van der Waals surface area contributed by atoms with Gasteiger partial charge in [-0.25, -0.2) is 0 Å². The van der Waals surface area contributed by atoms with Gasteiger partial charge in [0.05, 0.1) is 19.3 Å². The maximum atomic E-state index is 9.12. The van der Waals surface area contributed by atoms with Crippen molar-refractivity contribution in [1.29, 1.82) is 0 Å². The van der Waals surface area contributed by atoms with Crippen LogP contribution in [0.25, 0.3) is 0 Å². The first-order valence-corrected chi connectivity index (χ1v) is 5.56. The fourth-order valence-electron chi connectivity index (χ4n) is 1.36. The number of aliphatic hydroxyl groups is 1. The molecular weight excluding hydrogens is 222 g/mol. The van der Waals surface area contributed by atoms with E-state index in [2.05, 4.69) is 20.3 Å². The van der Waals surface area contributed by atoms with Crippen LogP contribution in [0.2, 0.25) is 0 Å². The molecule has 0 saturated heterocycles. The quantitative estimate of drug-likeness (QED) is 0.608. The van der Waals surface area contributed by atoms with Gasteiger partial charge >= 0.3 is 0 Å². The smallest absolute Gasteiger partial charge is 0.228 e. The number of aliphatic hydroxyl groups excluding tert-OH is 1. The van der Waals surface area contributed by atoms with Crippen molar-refractivity contribution < 1.29 is 9.84 Å². The van der Waals surface area contributed by atoms with E-state index in [0.717, 1.165) is 12.8 Å². The minimum Gasteiger partial charge on any atom is -0.394 e. The number of nitrogens with one attached hydrogen (secondary N) is 1. The lowest BCUT2D eigenvalue weighted by molar-refractivity contribution is 0.153. The molecule has 4 N–H and O–H groups in total. The molecule has 7 heteroatoms. The van der Waals surface area contributed by atoms with Crippen LogP contribution in [0.4, 0.5) is 11.9 Å². The highest BCUT2D eigenvalue weighted by Gasteiger charge is 2.10. The molecule has 0 amide bonds. The Morgan fingerprint density at radius 2 is 2.18 bits per heavy atom. The average Bonchev–Trinajstić information content (AvgIpc) is 2.28. The Morgan fingerprint density at radius 1 is 1.41 bits per heavy atom. The minimum atomic E-state index is -0.253. The lowest BCUT2D eigenvalue weighted by Crippen LogP contribution is -2.30. The highest BCUT2D eigenvalue weighted by atomic mass is 16.5. The summed E-state index contributed by atoms with van der Waals surface area (Å²) in [7, 11) is 1.56. The van der Waals surface area contributed by atoms with Gasteiger partial charge in [0, 0.05) is 13.5 Å². The Morgan fingerprint density at radius 3 is 2.76 bits per heavy atom. The van der Waals surface area contributed by atoms with E-state index in [1.807, 2.05) is 6.92 Å². The normalized spacial score (nSPS) is 12.4. The summed E-state index contributed by atoms with van der Waals surface area (Å²) in [6.45, 7) is 2.34. The van der Waals surface area contributed by atoms with Crippen LogP contribution >= 0.6 is 0 Å². The number of aromatic nitrogens is 3. The molecule has 0 aliphatic rings. The summed E-state index contributed by atoms with van der Waals surface area (Å²) in [6, 6.07) is -0.253. The predicted molar refractivity (Wildman–Crippen MR) is 64.6 cm³/mol. The van der Waals surface area contributed by atoms with Crippen molar-refractivity contribution in [3.63, 3.8) is 0 Å². The zero-order chi connectivity index (χ0) is 12.7. The maximum Gasteiger partial charge on any atom is 0.228 e. The summed E-state index contributed by atoms with van der Waals surface area (Å²) in [6.07, 6.45) is 1.68. The topological polar surface area (TPSA) is 106 Å². The first-order valence-electron chi connectivity index (χ1n) is 5.56. The number of rotatable bonds is 7. The Bertz CT molecular complexity index is 347. The summed E-state index contributed by atoms with van der Waals surface area (Å²) in [4.78, 5) is 12.2. The molecule has 1 aromatic rings. The first kappa shape index (κ1) is 13.6. The summed E-state index contributed by atoms with van der Waals surface area (Å²) >= 11 is 0. The van der Waals surface area contributed by atoms with Crippen molar-refractivity contribution in [2.45, 2.75) is 25.8 Å². The van der Waals surface area contributed by atoms with E-state index in [1.54, 1.807) is 7.11 Å². The molecule has 96 valence electrons. The van der Waals surface area contributed by atoms with Gasteiger partial charge in [-0.15, -0.1) is 0 Å². The second kappa shape index (κ2) is 6.97. The number of aryl methyl sites for hydroxylation is 1. The third-order valence-electron chi connectivity index (χ3n) is 2.09. The van der Waals surface area contributed by atoms with Crippen LogP contribution in [0.15, 0.2) is 0 Å². The van der Waals surface area contributed by atoms with Crippen molar-refractivity contribution >= 4 is 11.9 Å². The van der Waals surface area contributed by atoms with Crippen molar-refractivity contribution in [3.05, 3.63) is 5.82 Å². The Hall–Kier alpha value is -1.47. The monoisotopic (exact) mass is 241 g/mol. The molecule has 0 fully saturated rings. The first-order chi connectivity index (χ1) is 8.19. The molecule has 1 unspecified atom stereocenters. The number of hydrogen-bond acceptors (Lipinski definition) is 7. The number of nitrogens with zero attached hydrogens (tertiary/aromatic N) is 3. The van der Waals surface area contributed by atoms with Crippen LogP contribution in [0.3, 0.4) is 0 Å². The highest BCUT2D eigenvalue weighted by molar-refractivity contribution is 5.32. The molecule has 7 nitrogen and oxygen atoms in total. The molecule has 0 saturated carbocycles. The third-order valence-corrected chi connectivity index (χ3v) is 2.09. The van der Waals surface area contributed by atoms with Crippen LogP contribution in [-0.2, 0) is 11.2 Å². The van der Waals surface area contributed by atoms with Crippen LogP contribution in [0.1, 0.15) is 19.2 Å². The zero-order valence-corrected chi connectivity index (χ0v) is 10.2. The molecule has 0 aliphatic carbocycles. The van der Waals surface area contributed by atoms with E-state index in [4.69, 9.17) is 15.6 Å². The summed E-state index contributed by atoms with van der Waals surface area (Å²) in [5.74, 6) is 1.20. The van der Waals surface area contributed by atoms with Gasteiger partial charge in [-0.1, -0.05) is 6.92 Å². The van der Waals surface area contributed by atoms with Gasteiger partial charge in [-0.2, -0.15) is 15.0 Å². The van der Waals surface area contributed by atoms with Crippen LogP contribution in [0.5, 0.6) is 0 Å². The van der Waals surface area contributed by atoms with Crippen molar-refractivity contribution in [1.82, 2.24) is 15.0 Å². The predicted octanol–water partition coefficient (Wildman–Crippen LogP) is -0.174. The van der Waals surface area contributed by atoms with E-state index >= 15 is 0 Å². The van der Waals surface area contributed by atoms with Crippen LogP contribution in [0, 0.1) is 0 Å². The lowest BCUT2D eigenvalue weighted by Gasteiger charge is -2.15. The van der Waals surface area contributed by atoms with Crippen molar-refractivity contribution in [3.8, 4) is 0 Å². The number of methoxy groups -OCH3 is 1. The fraction of sp³-hybridized carbons (Fsp3) is 0.700. The van der Waals surface area contributed by atoms with Gasteiger partial charge in [0.1, 0.15) is 5.82 Å². The lowest BCUT2D eigenvalue weighted by atomic mass is 10.3. The summed E-state index contributed by atoms with van der Waals surface area (Å²) in [5, 5.41) is 12.1. The van der Waals surface area contributed by atoms with Gasteiger partial charge in [0.25, 0.3) is 0 Å². The highest BCUT2D eigenvalue weighted by Crippen LogP contribution is 2.06. The molecule has 0 bridgehead atoms. The number of nitrogens with two attached hydrogens (primary N) is 1. The van der Waals surface area contributed by atoms with Gasteiger partial charge in [-0.05, 0) is 6.42 Å². The van der Waals surface area contributed by atoms with Gasteiger partial charge in [0.2, 0.25) is 11.9 Å². The molecule has 0 aliphatic heterocycles. The molecule has 0 radical (unpaired) electrons. The maximum absolute atomic E-state index is 9.12. The molecule has 17 heavy (non-hydrogen) atoms. The van der Waals surface area contributed by atoms with E-state index in [9.17, 15) is 0 Å². The largest absolute Gasteiger partial charge is 0.394 e. The van der Waals surface area contributed by atoms with Crippen LogP contribution in [-0.4, -0.2) is 46.4 Å². The Balaban J connectivity index is 2.75. The van der Waals surface area contributed by atoms with E-state index in [-0.39, 0.29) is 18.6 Å². The molecule has 0 aromatic carbocycles. The minimum absolute atomic E-state index is 0.0669. The average molecular weight is 241 g/mol. The summed E-state index contributed by atoms with van der Waals surface area (Å²) < 4.78 is 4.95. The molecule has 0 spiro atoms. The van der Waals surface area contributed by atoms with Gasteiger partial charge in [0.15, 0.2) is 0 Å². The number of hydrogen-bond donors (Lipinski definition) is 3. The number of ether oxygens (including phenoxy) is 1. The molecule has 1 heterocycles.